The fraction of sp³-hybridized carbons (Fsp3) is 0.933. The number of nitrogens with zero attached hydrogens (tertiary/aromatic N) is 1. The highest BCUT2D eigenvalue weighted by Crippen LogP contribution is 2.17. The van der Waals surface area contributed by atoms with E-state index < -0.39 is 0 Å². The van der Waals surface area contributed by atoms with Gasteiger partial charge in [0.15, 0.2) is 0 Å². The van der Waals surface area contributed by atoms with Crippen molar-refractivity contribution in [1.29, 1.82) is 0 Å². The Bertz CT molecular complexity index is 287. The summed E-state index contributed by atoms with van der Waals surface area (Å²) in [6.45, 7) is 11.0. The van der Waals surface area contributed by atoms with Crippen LogP contribution in [-0.4, -0.2) is 55.4 Å². The van der Waals surface area contributed by atoms with Gasteiger partial charge in [0.1, 0.15) is 0 Å². The number of piperidine rings is 1. The summed E-state index contributed by atoms with van der Waals surface area (Å²) in [4.78, 5) is 14.1. The standard InChI is InChI=1S/C15H31N3O2/c1-13-4-8-18(9-5-13)10-7-16-14(20)17-12-15(2,3)6-11-19/h13,19H,4-12H2,1-3H3,(H2,16,17,20). The number of rotatable bonds is 7. The lowest BCUT2D eigenvalue weighted by molar-refractivity contribution is 0.188. The largest absolute Gasteiger partial charge is 0.396 e. The molecule has 0 radical (unpaired) electrons. The van der Waals surface area contributed by atoms with Crippen LogP contribution in [0.25, 0.3) is 0 Å². The molecule has 1 rings (SSSR count). The molecule has 5 heteroatoms. The number of aliphatic hydroxyl groups is 1. The third kappa shape index (κ3) is 7.10. The molecule has 1 aliphatic rings. The fourth-order valence-electron chi connectivity index (χ4n) is 2.39. The highest BCUT2D eigenvalue weighted by Gasteiger charge is 2.18. The van der Waals surface area contributed by atoms with Crippen molar-refractivity contribution in [2.24, 2.45) is 11.3 Å². The zero-order valence-electron chi connectivity index (χ0n) is 13.2. The lowest BCUT2D eigenvalue weighted by atomic mass is 9.90. The van der Waals surface area contributed by atoms with Crippen LogP contribution in [0.3, 0.4) is 0 Å². The van der Waals surface area contributed by atoms with Gasteiger partial charge in [0, 0.05) is 26.2 Å². The van der Waals surface area contributed by atoms with Crippen LogP contribution in [0.2, 0.25) is 0 Å². The summed E-state index contributed by atoms with van der Waals surface area (Å²) in [5, 5.41) is 14.7. The fourth-order valence-corrected chi connectivity index (χ4v) is 2.39. The van der Waals surface area contributed by atoms with Gasteiger partial charge in [-0.3, -0.25) is 0 Å². The number of amides is 2. The molecule has 0 aromatic heterocycles. The Balaban J connectivity index is 2.08. The third-order valence-electron chi connectivity index (χ3n) is 4.11. The van der Waals surface area contributed by atoms with E-state index >= 15 is 0 Å². The molecule has 3 N–H and O–H groups in total. The first-order chi connectivity index (χ1) is 9.43. The number of nitrogens with one attached hydrogen (secondary N) is 2. The van der Waals surface area contributed by atoms with Crippen molar-refractivity contribution in [2.75, 3.05) is 39.3 Å². The van der Waals surface area contributed by atoms with Crippen LogP contribution in [-0.2, 0) is 0 Å². The summed E-state index contributed by atoms with van der Waals surface area (Å²) in [5.74, 6) is 0.844. The van der Waals surface area contributed by atoms with Crippen molar-refractivity contribution in [3.05, 3.63) is 0 Å². The molecule has 118 valence electrons. The van der Waals surface area contributed by atoms with Crippen molar-refractivity contribution >= 4 is 6.03 Å². The minimum Gasteiger partial charge on any atom is -0.396 e. The average molecular weight is 285 g/mol. The van der Waals surface area contributed by atoms with Crippen LogP contribution in [0.1, 0.15) is 40.0 Å². The SMILES string of the molecule is CC1CCN(CCNC(=O)NCC(C)(C)CCO)CC1. The maximum Gasteiger partial charge on any atom is 0.314 e. The highest BCUT2D eigenvalue weighted by molar-refractivity contribution is 5.73. The third-order valence-corrected chi connectivity index (χ3v) is 4.11. The highest BCUT2D eigenvalue weighted by atomic mass is 16.3. The monoisotopic (exact) mass is 285 g/mol. The topological polar surface area (TPSA) is 64.6 Å². The average Bonchev–Trinajstić information content (AvgIpc) is 2.39. The second-order valence-corrected chi connectivity index (χ2v) is 6.77. The van der Waals surface area contributed by atoms with Crippen molar-refractivity contribution in [3.8, 4) is 0 Å². The molecule has 0 bridgehead atoms. The molecule has 1 heterocycles. The molecule has 1 saturated heterocycles. The number of hydrogen-bond donors (Lipinski definition) is 3. The zero-order chi connectivity index (χ0) is 15.0. The van der Waals surface area contributed by atoms with E-state index in [1.165, 1.54) is 12.8 Å². The van der Waals surface area contributed by atoms with Crippen LogP contribution in [0.4, 0.5) is 4.79 Å². The van der Waals surface area contributed by atoms with Gasteiger partial charge in [0.05, 0.1) is 0 Å². The van der Waals surface area contributed by atoms with Crippen LogP contribution >= 0.6 is 0 Å². The van der Waals surface area contributed by atoms with Crippen LogP contribution < -0.4 is 10.6 Å². The lowest BCUT2D eigenvalue weighted by Crippen LogP contribution is -2.44. The van der Waals surface area contributed by atoms with Gasteiger partial charge in [-0.25, -0.2) is 4.79 Å². The number of carbonyl (C=O) groups is 1. The van der Waals surface area contributed by atoms with Gasteiger partial charge in [-0.2, -0.15) is 0 Å². The minimum absolute atomic E-state index is 0.0604. The van der Waals surface area contributed by atoms with Gasteiger partial charge in [-0.15, -0.1) is 0 Å². The molecule has 0 aliphatic carbocycles. The zero-order valence-corrected chi connectivity index (χ0v) is 13.2. The van der Waals surface area contributed by atoms with Gasteiger partial charge >= 0.3 is 6.03 Å². The van der Waals surface area contributed by atoms with E-state index in [0.29, 0.717) is 19.5 Å². The maximum atomic E-state index is 11.7. The van der Waals surface area contributed by atoms with Crippen molar-refractivity contribution in [1.82, 2.24) is 15.5 Å². The molecule has 1 aliphatic heterocycles. The molecule has 2 amide bonds. The van der Waals surface area contributed by atoms with Crippen molar-refractivity contribution in [2.45, 2.75) is 40.0 Å². The Kier molecular flexibility index (Phi) is 7.30. The van der Waals surface area contributed by atoms with E-state index in [0.717, 1.165) is 25.6 Å². The number of hydrogen-bond acceptors (Lipinski definition) is 3. The molecule has 1 fully saturated rings. The Morgan fingerprint density at radius 2 is 1.95 bits per heavy atom. The van der Waals surface area contributed by atoms with Gasteiger partial charge in [0.2, 0.25) is 0 Å². The Hall–Kier alpha value is -0.810. The number of urea groups is 1. The molecular formula is C15H31N3O2. The van der Waals surface area contributed by atoms with E-state index in [1.54, 1.807) is 0 Å². The van der Waals surface area contributed by atoms with Gasteiger partial charge in [-0.1, -0.05) is 20.8 Å². The first kappa shape index (κ1) is 17.2. The number of likely N-dealkylation sites (tertiary alicyclic amines) is 1. The predicted molar refractivity (Wildman–Crippen MR) is 81.7 cm³/mol. The van der Waals surface area contributed by atoms with E-state index in [4.69, 9.17) is 5.11 Å². The van der Waals surface area contributed by atoms with E-state index in [1.807, 2.05) is 13.8 Å². The smallest absolute Gasteiger partial charge is 0.314 e. The van der Waals surface area contributed by atoms with Crippen molar-refractivity contribution < 1.29 is 9.90 Å². The summed E-state index contributed by atoms with van der Waals surface area (Å²) in [5.41, 5.74) is -0.0604. The molecule has 0 aromatic carbocycles. The molecular weight excluding hydrogens is 254 g/mol. The summed E-state index contributed by atoms with van der Waals surface area (Å²) in [6.07, 6.45) is 3.22. The second kappa shape index (κ2) is 8.47. The summed E-state index contributed by atoms with van der Waals surface area (Å²) < 4.78 is 0. The van der Waals surface area contributed by atoms with Gasteiger partial charge in [-0.05, 0) is 43.7 Å². The van der Waals surface area contributed by atoms with E-state index in [9.17, 15) is 4.79 Å². The maximum absolute atomic E-state index is 11.7. The van der Waals surface area contributed by atoms with E-state index in [-0.39, 0.29) is 18.1 Å². The number of carbonyl (C=O) groups excluding carboxylic acids is 1. The van der Waals surface area contributed by atoms with Crippen molar-refractivity contribution in [3.63, 3.8) is 0 Å². The van der Waals surface area contributed by atoms with Crippen LogP contribution in [0.15, 0.2) is 0 Å². The second-order valence-electron chi connectivity index (χ2n) is 6.77. The van der Waals surface area contributed by atoms with Crippen LogP contribution in [0.5, 0.6) is 0 Å². The van der Waals surface area contributed by atoms with Gasteiger partial charge < -0.3 is 20.6 Å². The molecule has 0 spiro atoms. The van der Waals surface area contributed by atoms with Gasteiger partial charge in [0.25, 0.3) is 0 Å². The number of aliphatic hydroxyl groups excluding tert-OH is 1. The molecule has 0 atom stereocenters. The van der Waals surface area contributed by atoms with E-state index in [2.05, 4.69) is 22.5 Å². The predicted octanol–water partition coefficient (Wildman–Crippen LogP) is 1.43. The Morgan fingerprint density at radius 1 is 1.30 bits per heavy atom. The Morgan fingerprint density at radius 3 is 2.55 bits per heavy atom. The molecule has 5 nitrogen and oxygen atoms in total. The molecule has 0 saturated carbocycles. The molecule has 0 aromatic rings. The first-order valence-corrected chi connectivity index (χ1v) is 7.78. The Labute approximate surface area is 123 Å². The molecule has 0 unspecified atom stereocenters. The molecule has 20 heavy (non-hydrogen) atoms. The summed E-state index contributed by atoms with van der Waals surface area (Å²) in [7, 11) is 0. The van der Waals surface area contributed by atoms with Crippen LogP contribution in [0, 0.1) is 11.3 Å². The normalized spacial score (nSPS) is 18.0. The lowest BCUT2D eigenvalue weighted by Gasteiger charge is -2.30. The summed E-state index contributed by atoms with van der Waals surface area (Å²) in [6, 6.07) is -0.110. The quantitative estimate of drug-likeness (QED) is 0.663. The summed E-state index contributed by atoms with van der Waals surface area (Å²) >= 11 is 0. The first-order valence-electron chi connectivity index (χ1n) is 7.78. The minimum atomic E-state index is -0.110.